The second-order valence-corrected chi connectivity index (χ2v) is 4.79. The van der Waals surface area contributed by atoms with E-state index in [4.69, 9.17) is 17.3 Å². The Labute approximate surface area is 112 Å². The van der Waals surface area contributed by atoms with Gasteiger partial charge in [0.25, 0.3) is 0 Å². The summed E-state index contributed by atoms with van der Waals surface area (Å²) in [6.07, 6.45) is 3.39. The van der Waals surface area contributed by atoms with E-state index in [0.29, 0.717) is 12.2 Å². The molecule has 18 heavy (non-hydrogen) atoms. The van der Waals surface area contributed by atoms with E-state index in [1.165, 1.54) is 0 Å². The summed E-state index contributed by atoms with van der Waals surface area (Å²) in [6, 6.07) is 7.98. The zero-order valence-electron chi connectivity index (χ0n) is 10.5. The minimum Gasteiger partial charge on any atom is -0.396 e. The van der Waals surface area contributed by atoms with E-state index in [9.17, 15) is 0 Å². The molecule has 0 bridgehead atoms. The first-order chi connectivity index (χ1) is 8.58. The van der Waals surface area contributed by atoms with Gasteiger partial charge in [-0.15, -0.1) is 0 Å². The maximum absolute atomic E-state index is 6.23. The zero-order valence-corrected chi connectivity index (χ0v) is 11.3. The highest BCUT2D eigenvalue weighted by Crippen LogP contribution is 2.24. The molecule has 0 aliphatic heterocycles. The van der Waals surface area contributed by atoms with Gasteiger partial charge in [-0.1, -0.05) is 23.7 Å². The lowest BCUT2D eigenvalue weighted by Crippen LogP contribution is -2.18. The summed E-state index contributed by atoms with van der Waals surface area (Å²) < 4.78 is 0. The summed E-state index contributed by atoms with van der Waals surface area (Å²) in [5.74, 6) is 0. The number of rotatable bonds is 3. The number of nitrogens with two attached hydrogens (primary N) is 1. The van der Waals surface area contributed by atoms with Gasteiger partial charge in [0.05, 0.1) is 17.6 Å². The third-order valence-corrected chi connectivity index (χ3v) is 3.21. The Kier molecular flexibility index (Phi) is 3.72. The molecule has 0 unspecified atom stereocenters. The topological polar surface area (TPSA) is 42.2 Å². The molecule has 1 heterocycles. The number of halogens is 1. The quantitative estimate of drug-likeness (QED) is 0.922. The third-order valence-electron chi connectivity index (χ3n) is 2.86. The number of nitrogen functional groups attached to an aromatic ring is 1. The van der Waals surface area contributed by atoms with Gasteiger partial charge in [0.2, 0.25) is 0 Å². The second kappa shape index (κ2) is 5.27. The predicted octanol–water partition coefficient (Wildman–Crippen LogP) is 3.26. The van der Waals surface area contributed by atoms with E-state index in [2.05, 4.69) is 16.0 Å². The molecule has 0 aliphatic rings. The van der Waals surface area contributed by atoms with Crippen molar-refractivity contribution in [1.82, 2.24) is 4.98 Å². The maximum atomic E-state index is 6.23. The van der Waals surface area contributed by atoms with Crippen molar-refractivity contribution >= 4 is 23.0 Å². The SMILES string of the molecule is Cc1ccc(CN(C)c2ccncc2N)c(Cl)c1. The molecule has 0 spiro atoms. The van der Waals surface area contributed by atoms with Crippen molar-refractivity contribution in [3.63, 3.8) is 0 Å². The van der Waals surface area contributed by atoms with Gasteiger partial charge >= 0.3 is 0 Å². The molecule has 0 aliphatic carbocycles. The molecule has 1 aromatic heterocycles. The monoisotopic (exact) mass is 261 g/mol. The molecule has 0 saturated heterocycles. The van der Waals surface area contributed by atoms with Gasteiger partial charge < -0.3 is 10.6 Å². The van der Waals surface area contributed by atoms with E-state index >= 15 is 0 Å². The number of anilines is 2. The van der Waals surface area contributed by atoms with Crippen molar-refractivity contribution in [3.8, 4) is 0 Å². The van der Waals surface area contributed by atoms with Crippen molar-refractivity contribution in [1.29, 1.82) is 0 Å². The minimum atomic E-state index is 0.670. The van der Waals surface area contributed by atoms with Gasteiger partial charge in [0.15, 0.2) is 0 Å². The van der Waals surface area contributed by atoms with E-state index < -0.39 is 0 Å². The maximum Gasteiger partial charge on any atom is 0.0738 e. The Morgan fingerprint density at radius 1 is 1.33 bits per heavy atom. The van der Waals surface area contributed by atoms with Crippen LogP contribution in [0, 0.1) is 6.92 Å². The van der Waals surface area contributed by atoms with Crippen LogP contribution in [0.2, 0.25) is 5.02 Å². The number of hydrogen-bond acceptors (Lipinski definition) is 3. The van der Waals surface area contributed by atoms with Crippen LogP contribution in [-0.2, 0) is 6.54 Å². The summed E-state index contributed by atoms with van der Waals surface area (Å²) in [6.45, 7) is 2.74. The first-order valence-corrected chi connectivity index (χ1v) is 6.11. The molecular formula is C14H16ClN3. The van der Waals surface area contributed by atoms with E-state index in [1.54, 1.807) is 12.4 Å². The van der Waals surface area contributed by atoms with Crippen molar-refractivity contribution in [2.45, 2.75) is 13.5 Å². The Morgan fingerprint density at radius 2 is 2.11 bits per heavy atom. The standard InChI is InChI=1S/C14H16ClN3/c1-10-3-4-11(12(15)7-10)9-18(2)14-5-6-17-8-13(14)16/h3-8H,9,16H2,1-2H3. The van der Waals surface area contributed by atoms with Crippen LogP contribution in [0.25, 0.3) is 0 Å². The van der Waals surface area contributed by atoms with Crippen LogP contribution in [0.15, 0.2) is 36.7 Å². The lowest BCUT2D eigenvalue weighted by molar-refractivity contribution is 0.922. The van der Waals surface area contributed by atoms with E-state index in [0.717, 1.165) is 21.8 Å². The molecule has 4 heteroatoms. The van der Waals surface area contributed by atoms with Crippen LogP contribution in [0.3, 0.4) is 0 Å². The summed E-state index contributed by atoms with van der Waals surface area (Å²) in [5.41, 5.74) is 9.78. The van der Waals surface area contributed by atoms with Crippen LogP contribution >= 0.6 is 11.6 Å². The molecule has 0 atom stereocenters. The number of aromatic nitrogens is 1. The highest BCUT2D eigenvalue weighted by molar-refractivity contribution is 6.31. The molecule has 2 N–H and O–H groups in total. The molecule has 2 rings (SSSR count). The molecular weight excluding hydrogens is 246 g/mol. The van der Waals surface area contributed by atoms with Crippen molar-refractivity contribution < 1.29 is 0 Å². The fraction of sp³-hybridized carbons (Fsp3) is 0.214. The molecule has 1 aromatic carbocycles. The highest BCUT2D eigenvalue weighted by Gasteiger charge is 2.08. The van der Waals surface area contributed by atoms with Gasteiger partial charge in [-0.25, -0.2) is 0 Å². The first-order valence-electron chi connectivity index (χ1n) is 5.73. The first kappa shape index (κ1) is 12.7. The molecule has 0 saturated carbocycles. The summed E-state index contributed by atoms with van der Waals surface area (Å²) >= 11 is 6.23. The van der Waals surface area contributed by atoms with Gasteiger partial charge in [0.1, 0.15) is 0 Å². The summed E-state index contributed by atoms with van der Waals surface area (Å²) in [7, 11) is 1.99. The van der Waals surface area contributed by atoms with E-state index in [-0.39, 0.29) is 0 Å². The average Bonchev–Trinajstić information content (AvgIpc) is 2.33. The Hall–Kier alpha value is -1.74. The number of benzene rings is 1. The van der Waals surface area contributed by atoms with Crippen LogP contribution in [0.4, 0.5) is 11.4 Å². The van der Waals surface area contributed by atoms with Gasteiger partial charge in [0, 0.05) is 24.8 Å². The number of aryl methyl sites for hydroxylation is 1. The third kappa shape index (κ3) is 2.74. The Morgan fingerprint density at radius 3 is 2.78 bits per heavy atom. The minimum absolute atomic E-state index is 0.670. The lowest BCUT2D eigenvalue weighted by atomic mass is 10.1. The molecule has 2 aromatic rings. The number of pyridine rings is 1. The molecule has 0 fully saturated rings. The highest BCUT2D eigenvalue weighted by atomic mass is 35.5. The van der Waals surface area contributed by atoms with Gasteiger partial charge in [-0.3, -0.25) is 4.98 Å². The summed E-state index contributed by atoms with van der Waals surface area (Å²) in [5, 5.41) is 0.787. The van der Waals surface area contributed by atoms with Crippen LogP contribution in [-0.4, -0.2) is 12.0 Å². The normalized spacial score (nSPS) is 10.4. The second-order valence-electron chi connectivity index (χ2n) is 4.39. The lowest BCUT2D eigenvalue weighted by Gasteiger charge is -2.21. The average molecular weight is 262 g/mol. The summed E-state index contributed by atoms with van der Waals surface area (Å²) in [4.78, 5) is 6.05. The number of hydrogen-bond donors (Lipinski definition) is 1. The molecule has 3 nitrogen and oxygen atoms in total. The predicted molar refractivity (Wildman–Crippen MR) is 76.9 cm³/mol. The Balaban J connectivity index is 2.21. The zero-order chi connectivity index (χ0) is 13.1. The Bertz CT molecular complexity index is 554. The van der Waals surface area contributed by atoms with Crippen LogP contribution < -0.4 is 10.6 Å². The molecule has 0 amide bonds. The fourth-order valence-corrected chi connectivity index (χ4v) is 2.16. The van der Waals surface area contributed by atoms with Crippen molar-refractivity contribution in [2.75, 3.05) is 17.7 Å². The van der Waals surface area contributed by atoms with Crippen molar-refractivity contribution in [2.24, 2.45) is 0 Å². The van der Waals surface area contributed by atoms with Crippen LogP contribution in [0.5, 0.6) is 0 Å². The van der Waals surface area contributed by atoms with Gasteiger partial charge in [-0.05, 0) is 30.2 Å². The largest absolute Gasteiger partial charge is 0.396 e. The molecule has 94 valence electrons. The molecule has 0 radical (unpaired) electrons. The smallest absolute Gasteiger partial charge is 0.0738 e. The fourth-order valence-electron chi connectivity index (χ4n) is 1.87. The van der Waals surface area contributed by atoms with Crippen molar-refractivity contribution in [3.05, 3.63) is 52.8 Å². The van der Waals surface area contributed by atoms with Gasteiger partial charge in [-0.2, -0.15) is 0 Å². The van der Waals surface area contributed by atoms with Crippen LogP contribution in [0.1, 0.15) is 11.1 Å². The number of nitrogens with zero attached hydrogens (tertiary/aromatic N) is 2. The van der Waals surface area contributed by atoms with E-state index in [1.807, 2.05) is 32.2 Å².